The van der Waals surface area contributed by atoms with E-state index in [0.29, 0.717) is 12.6 Å². The van der Waals surface area contributed by atoms with Crippen molar-refractivity contribution in [2.24, 2.45) is 0 Å². The van der Waals surface area contributed by atoms with Crippen molar-refractivity contribution in [3.05, 3.63) is 0 Å². The predicted molar refractivity (Wildman–Crippen MR) is 41.3 cm³/mol. The summed E-state index contributed by atoms with van der Waals surface area (Å²) in [6, 6.07) is 0. The molecule has 0 saturated heterocycles. The van der Waals surface area contributed by atoms with Crippen LogP contribution in [-0.4, -0.2) is 36.0 Å². The molecule has 14 heavy (non-hydrogen) atoms. The Morgan fingerprint density at radius 2 is 0.714 bits per heavy atom. The summed E-state index contributed by atoms with van der Waals surface area (Å²) in [5, 5.41) is 15.0. The van der Waals surface area contributed by atoms with Crippen LogP contribution in [0.5, 0.6) is 0 Å². The molecule has 96 valence electrons. The maximum Gasteiger partial charge on any atom is 0.145 e. The van der Waals surface area contributed by atoms with Gasteiger partial charge >= 0.3 is 0 Å². The molecule has 0 radical (unpaired) electrons. The van der Waals surface area contributed by atoms with Gasteiger partial charge in [0.25, 0.3) is 0 Å². The number of rotatable bonds is 2. The van der Waals surface area contributed by atoms with E-state index in [-0.39, 0.29) is 41.4 Å². The van der Waals surface area contributed by atoms with Crippen LogP contribution >= 0.6 is 0 Å². The van der Waals surface area contributed by atoms with E-state index in [1.165, 1.54) is 0 Å². The molecule has 0 aliphatic carbocycles. The lowest BCUT2D eigenvalue weighted by Gasteiger charge is -1.54. The molecule has 0 atom stereocenters. The molecule has 0 aromatic heterocycles. The van der Waals surface area contributed by atoms with E-state index in [1.807, 2.05) is 0 Å². The van der Waals surface area contributed by atoms with Gasteiger partial charge in [-0.1, -0.05) is 0 Å². The zero-order chi connectivity index (χ0) is 6.83. The van der Waals surface area contributed by atoms with E-state index < -0.39 is 0 Å². The van der Waals surface area contributed by atoms with Crippen LogP contribution in [0.3, 0.4) is 0 Å². The quantitative estimate of drug-likeness (QED) is 0.493. The van der Waals surface area contributed by atoms with Crippen molar-refractivity contribution in [2.45, 2.75) is 0 Å². The first-order valence-electron chi connectivity index (χ1n) is 1.92. The standard InChI is InChI=1S/2C2H4O2.6FH/c2*3-1-2-4;;;;;;/h2*1,4H,2H2;6*1H. The highest BCUT2D eigenvalue weighted by Crippen LogP contribution is 1.28. The van der Waals surface area contributed by atoms with E-state index in [2.05, 4.69) is 0 Å². The number of aldehydes is 2. The molecule has 0 spiro atoms. The molecule has 10 heteroatoms. The number of halogens is 6. The van der Waals surface area contributed by atoms with E-state index in [9.17, 15) is 0 Å². The molecular formula is C4H14F6O4. The Hall–Kier alpha value is -1.16. The largest absolute Gasteiger partial charge is 0.389 e. The number of carbonyl (C=O) groups is 2. The molecule has 0 saturated carbocycles. The van der Waals surface area contributed by atoms with Gasteiger partial charge in [0.05, 0.1) is 13.2 Å². The van der Waals surface area contributed by atoms with Crippen LogP contribution in [0.4, 0.5) is 28.2 Å². The first kappa shape index (κ1) is 76.8. The summed E-state index contributed by atoms with van der Waals surface area (Å²) in [6.07, 6.45) is 0.861. The Labute approximate surface area is 75.1 Å². The minimum atomic E-state index is -0.361. The fourth-order valence-electron chi connectivity index (χ4n) is 0. The lowest BCUT2D eigenvalue weighted by atomic mass is 10.9. The molecule has 0 aliphatic rings. The van der Waals surface area contributed by atoms with Gasteiger partial charge in [-0.2, -0.15) is 0 Å². The van der Waals surface area contributed by atoms with E-state index in [0.717, 1.165) is 0 Å². The third-order valence-corrected chi connectivity index (χ3v) is 0.149. The Kier molecular flexibility index (Phi) is 947. The Morgan fingerprint density at radius 3 is 0.714 bits per heavy atom. The van der Waals surface area contributed by atoms with Gasteiger partial charge < -0.3 is 19.8 Å². The Bertz CT molecular complexity index is 57.8. The van der Waals surface area contributed by atoms with Gasteiger partial charge in [0.1, 0.15) is 12.6 Å². The van der Waals surface area contributed by atoms with Crippen molar-refractivity contribution in [3.8, 4) is 0 Å². The summed E-state index contributed by atoms with van der Waals surface area (Å²) in [5.41, 5.74) is 0. The number of aliphatic hydroxyl groups is 2. The molecule has 4 nitrogen and oxygen atoms in total. The topological polar surface area (TPSA) is 74.6 Å². The average Bonchev–Trinajstić information content (AvgIpc) is 1.88. The first-order chi connectivity index (χ1) is 3.83. The monoisotopic (exact) mass is 240 g/mol. The lowest BCUT2D eigenvalue weighted by Crippen LogP contribution is -1.75. The second kappa shape index (κ2) is 172. The zero-order valence-electron chi connectivity index (χ0n) is 6.73. The Morgan fingerprint density at radius 1 is 0.643 bits per heavy atom. The van der Waals surface area contributed by atoms with Crippen molar-refractivity contribution in [1.82, 2.24) is 0 Å². The van der Waals surface area contributed by atoms with E-state index in [4.69, 9.17) is 19.8 Å². The molecule has 0 amide bonds. The highest BCUT2D eigenvalue weighted by Gasteiger charge is 1.53. The molecule has 0 unspecified atom stereocenters. The molecule has 0 aromatic rings. The normalized spacial score (nSPS) is 3.57. The van der Waals surface area contributed by atoms with Gasteiger partial charge in [0.15, 0.2) is 0 Å². The summed E-state index contributed by atoms with van der Waals surface area (Å²) in [4.78, 5) is 17.8. The van der Waals surface area contributed by atoms with Crippen LogP contribution < -0.4 is 0 Å². The van der Waals surface area contributed by atoms with E-state index in [1.54, 1.807) is 0 Å². The molecule has 0 aromatic carbocycles. The molecule has 0 rings (SSSR count). The summed E-state index contributed by atoms with van der Waals surface area (Å²) in [7, 11) is 0. The van der Waals surface area contributed by atoms with Gasteiger partial charge in [-0.3, -0.25) is 28.2 Å². The third kappa shape index (κ3) is 1490. The molecule has 2 N–H and O–H groups in total. The van der Waals surface area contributed by atoms with Crippen LogP contribution in [0.1, 0.15) is 0 Å². The lowest BCUT2D eigenvalue weighted by molar-refractivity contribution is -0.110. The minimum absolute atomic E-state index is 0. The maximum atomic E-state index is 8.92. The van der Waals surface area contributed by atoms with Crippen molar-refractivity contribution in [1.29, 1.82) is 0 Å². The first-order valence-corrected chi connectivity index (χ1v) is 1.92. The van der Waals surface area contributed by atoms with Crippen LogP contribution in [0.2, 0.25) is 0 Å². The molecule has 0 bridgehead atoms. The fourth-order valence-corrected chi connectivity index (χ4v) is 0. The number of carbonyl (C=O) groups excluding carboxylic acids is 2. The minimum Gasteiger partial charge on any atom is -0.389 e. The maximum absolute atomic E-state index is 8.92. The van der Waals surface area contributed by atoms with Crippen molar-refractivity contribution < 1.29 is 48.0 Å². The van der Waals surface area contributed by atoms with Crippen LogP contribution in [0, 0.1) is 0 Å². The summed E-state index contributed by atoms with van der Waals surface area (Å²) < 4.78 is 0. The summed E-state index contributed by atoms with van der Waals surface area (Å²) >= 11 is 0. The van der Waals surface area contributed by atoms with Crippen LogP contribution in [0.15, 0.2) is 0 Å². The van der Waals surface area contributed by atoms with Crippen LogP contribution in [-0.2, 0) is 9.59 Å². The van der Waals surface area contributed by atoms with Crippen molar-refractivity contribution >= 4 is 12.6 Å². The molecule has 0 heterocycles. The predicted octanol–water partition coefficient (Wildman–Crippen LogP) is -0.730. The van der Waals surface area contributed by atoms with Gasteiger partial charge in [-0.25, -0.2) is 0 Å². The van der Waals surface area contributed by atoms with Gasteiger partial charge in [0.2, 0.25) is 0 Å². The van der Waals surface area contributed by atoms with Crippen LogP contribution in [0.25, 0.3) is 0 Å². The second-order valence-electron chi connectivity index (χ2n) is 0.698. The van der Waals surface area contributed by atoms with Gasteiger partial charge in [-0.15, -0.1) is 0 Å². The smallest absolute Gasteiger partial charge is 0.145 e. The highest BCUT2D eigenvalue weighted by molar-refractivity contribution is 5.50. The van der Waals surface area contributed by atoms with E-state index >= 15 is 0 Å². The third-order valence-electron chi connectivity index (χ3n) is 0.149. The number of hydrogen-bond donors (Lipinski definition) is 2. The average molecular weight is 240 g/mol. The molecule has 0 aliphatic heterocycles. The summed E-state index contributed by atoms with van der Waals surface area (Å²) in [5.74, 6) is 0. The highest BCUT2D eigenvalue weighted by atomic mass is 19.0. The number of aliphatic hydroxyl groups excluding tert-OH is 2. The number of hydrogen-bond acceptors (Lipinski definition) is 4. The summed E-state index contributed by atoms with van der Waals surface area (Å²) in [6.45, 7) is -0.722. The van der Waals surface area contributed by atoms with Gasteiger partial charge in [0, 0.05) is 0 Å². The van der Waals surface area contributed by atoms with Crippen molar-refractivity contribution in [3.63, 3.8) is 0 Å². The molecular weight excluding hydrogens is 226 g/mol. The molecule has 0 fully saturated rings. The van der Waals surface area contributed by atoms with Gasteiger partial charge in [-0.05, 0) is 0 Å². The Balaban J connectivity index is -0.00000000600. The zero-order valence-corrected chi connectivity index (χ0v) is 6.73. The second-order valence-corrected chi connectivity index (χ2v) is 0.698. The van der Waals surface area contributed by atoms with Crippen molar-refractivity contribution in [2.75, 3.05) is 13.2 Å². The fraction of sp³-hybridized carbons (Fsp3) is 0.500. The SMILES string of the molecule is F.F.F.F.F.F.O=CCO.O=CCO.